The molecule has 2 atom stereocenters. The molecular formula is C17H21FN4O2. The van der Waals surface area contributed by atoms with E-state index in [0.29, 0.717) is 12.4 Å². The number of nitrogens with one attached hydrogen (secondary N) is 2. The molecule has 2 aromatic rings. The molecule has 1 fully saturated rings. The number of nitrogens with zero attached hydrogens (tertiary/aromatic N) is 2. The fraction of sp³-hybridized carbons (Fsp3) is 0.412. The lowest BCUT2D eigenvalue weighted by Crippen LogP contribution is -2.39. The van der Waals surface area contributed by atoms with Crippen molar-refractivity contribution < 1.29 is 13.9 Å². The van der Waals surface area contributed by atoms with E-state index in [0.717, 1.165) is 24.1 Å². The minimum atomic E-state index is -0.345. The molecule has 2 N–H and O–H groups in total. The van der Waals surface area contributed by atoms with Crippen LogP contribution >= 0.6 is 0 Å². The van der Waals surface area contributed by atoms with Crippen molar-refractivity contribution >= 4 is 11.8 Å². The van der Waals surface area contributed by atoms with Gasteiger partial charge in [-0.2, -0.15) is 5.10 Å². The second-order valence-corrected chi connectivity index (χ2v) is 5.97. The molecule has 1 saturated heterocycles. The van der Waals surface area contributed by atoms with Crippen molar-refractivity contribution in [2.75, 3.05) is 11.9 Å². The Hall–Kier alpha value is -2.41. The monoisotopic (exact) mass is 332 g/mol. The first-order valence-corrected chi connectivity index (χ1v) is 7.98. The molecule has 2 heterocycles. The number of hydrogen-bond acceptors (Lipinski definition) is 3. The predicted molar refractivity (Wildman–Crippen MR) is 88.2 cm³/mol. The van der Waals surface area contributed by atoms with Gasteiger partial charge in [0.25, 0.3) is 0 Å². The summed E-state index contributed by atoms with van der Waals surface area (Å²) in [7, 11) is 1.76. The quantitative estimate of drug-likeness (QED) is 0.904. The number of carbonyl (C=O) groups excluding carboxylic acids is 1. The maximum Gasteiger partial charge on any atom is 0.320 e. The summed E-state index contributed by atoms with van der Waals surface area (Å²) in [4.78, 5) is 12.4. The van der Waals surface area contributed by atoms with Crippen LogP contribution in [0.3, 0.4) is 0 Å². The summed E-state index contributed by atoms with van der Waals surface area (Å²) in [6.45, 7) is 2.53. The highest BCUT2D eigenvalue weighted by atomic mass is 19.1. The van der Waals surface area contributed by atoms with E-state index < -0.39 is 0 Å². The van der Waals surface area contributed by atoms with Crippen molar-refractivity contribution in [3.05, 3.63) is 47.4 Å². The summed E-state index contributed by atoms with van der Waals surface area (Å²) >= 11 is 0. The molecule has 1 aliphatic heterocycles. The second kappa shape index (κ2) is 7.00. The van der Waals surface area contributed by atoms with Gasteiger partial charge in [-0.1, -0.05) is 12.1 Å². The average molecular weight is 332 g/mol. The molecule has 1 aliphatic rings. The minimum absolute atomic E-state index is 0.116. The second-order valence-electron chi connectivity index (χ2n) is 5.97. The molecule has 1 aromatic carbocycles. The number of carbonyl (C=O) groups is 1. The van der Waals surface area contributed by atoms with Crippen molar-refractivity contribution in [2.45, 2.75) is 31.9 Å². The molecule has 0 bridgehead atoms. The number of ether oxygens (including phenoxy) is 1. The summed E-state index contributed by atoms with van der Waals surface area (Å²) < 4.78 is 20.5. The van der Waals surface area contributed by atoms with Crippen LogP contribution in [0.15, 0.2) is 30.3 Å². The van der Waals surface area contributed by atoms with Gasteiger partial charge >= 0.3 is 6.03 Å². The van der Waals surface area contributed by atoms with Crippen LogP contribution in [0, 0.1) is 12.7 Å². The fourth-order valence-corrected chi connectivity index (χ4v) is 2.95. The Kier molecular flexibility index (Phi) is 4.80. The third-order valence-corrected chi connectivity index (χ3v) is 4.10. The van der Waals surface area contributed by atoms with Gasteiger partial charge in [-0.15, -0.1) is 0 Å². The van der Waals surface area contributed by atoms with Crippen LogP contribution in [0.1, 0.15) is 30.1 Å². The van der Waals surface area contributed by atoms with E-state index in [1.807, 2.05) is 6.92 Å². The molecule has 0 spiro atoms. The first-order chi connectivity index (χ1) is 11.5. The number of aryl methyl sites for hydroxylation is 2. The zero-order chi connectivity index (χ0) is 17.1. The van der Waals surface area contributed by atoms with Gasteiger partial charge in [0, 0.05) is 19.7 Å². The molecule has 1 aromatic heterocycles. The van der Waals surface area contributed by atoms with Gasteiger partial charge in [-0.3, -0.25) is 10.00 Å². The van der Waals surface area contributed by atoms with Crippen molar-refractivity contribution in [1.29, 1.82) is 0 Å². The summed E-state index contributed by atoms with van der Waals surface area (Å²) in [5.41, 5.74) is 1.64. The summed E-state index contributed by atoms with van der Waals surface area (Å²) in [5.74, 6) is 0.301. The van der Waals surface area contributed by atoms with E-state index in [1.165, 1.54) is 12.1 Å². The largest absolute Gasteiger partial charge is 0.376 e. The zero-order valence-electron chi connectivity index (χ0n) is 13.8. The molecule has 6 nitrogen and oxygen atoms in total. The Morgan fingerprint density at radius 2 is 2.17 bits per heavy atom. The van der Waals surface area contributed by atoms with Crippen LogP contribution < -0.4 is 10.6 Å². The van der Waals surface area contributed by atoms with Gasteiger partial charge in [-0.25, -0.2) is 9.18 Å². The van der Waals surface area contributed by atoms with Crippen molar-refractivity contribution in [1.82, 2.24) is 15.1 Å². The maximum absolute atomic E-state index is 13.2. The highest BCUT2D eigenvalue weighted by molar-refractivity contribution is 5.88. The molecular weight excluding hydrogens is 311 g/mol. The highest BCUT2D eigenvalue weighted by Gasteiger charge is 2.29. The van der Waals surface area contributed by atoms with Gasteiger partial charge in [-0.05, 0) is 37.5 Å². The molecule has 24 heavy (non-hydrogen) atoms. The number of halogens is 1. The van der Waals surface area contributed by atoms with Crippen LogP contribution in [0.2, 0.25) is 0 Å². The van der Waals surface area contributed by atoms with E-state index in [4.69, 9.17) is 4.74 Å². The minimum Gasteiger partial charge on any atom is -0.376 e. The lowest BCUT2D eigenvalue weighted by atomic mass is 9.99. The van der Waals surface area contributed by atoms with Crippen LogP contribution in [0.25, 0.3) is 0 Å². The SMILES string of the molecule is Cc1cc(NC(=O)N[C@@H](c2ccc(F)cc2)[C@H]2CCCO2)n(C)n1. The van der Waals surface area contributed by atoms with E-state index in [9.17, 15) is 9.18 Å². The number of hydrogen-bond donors (Lipinski definition) is 2. The summed E-state index contributed by atoms with van der Waals surface area (Å²) in [5, 5.41) is 9.92. The van der Waals surface area contributed by atoms with Gasteiger partial charge in [0.05, 0.1) is 17.8 Å². The third kappa shape index (κ3) is 3.73. The topological polar surface area (TPSA) is 68.2 Å². The van der Waals surface area contributed by atoms with E-state index in [1.54, 1.807) is 29.9 Å². The van der Waals surface area contributed by atoms with Gasteiger partial charge in [0.15, 0.2) is 0 Å². The molecule has 2 amide bonds. The number of urea groups is 1. The molecule has 0 unspecified atom stereocenters. The van der Waals surface area contributed by atoms with Gasteiger partial charge in [0.1, 0.15) is 11.6 Å². The van der Waals surface area contributed by atoms with Crippen molar-refractivity contribution in [2.24, 2.45) is 7.05 Å². The molecule has 0 radical (unpaired) electrons. The van der Waals surface area contributed by atoms with Gasteiger partial charge < -0.3 is 10.1 Å². The Labute approximate surface area is 140 Å². The van der Waals surface area contributed by atoms with Gasteiger partial charge in [0.2, 0.25) is 0 Å². The Balaban J connectivity index is 1.74. The fourth-order valence-electron chi connectivity index (χ4n) is 2.95. The van der Waals surface area contributed by atoms with Crippen LogP contribution in [-0.2, 0) is 11.8 Å². The number of amides is 2. The molecule has 3 rings (SSSR count). The molecule has 0 aliphatic carbocycles. The van der Waals surface area contributed by atoms with Crippen LogP contribution in [0.4, 0.5) is 15.0 Å². The Morgan fingerprint density at radius 1 is 1.42 bits per heavy atom. The zero-order valence-corrected chi connectivity index (χ0v) is 13.8. The smallest absolute Gasteiger partial charge is 0.320 e. The van der Waals surface area contributed by atoms with E-state index in [-0.39, 0.29) is 24.0 Å². The first kappa shape index (κ1) is 16.4. The Bertz CT molecular complexity index is 708. The summed E-state index contributed by atoms with van der Waals surface area (Å²) in [6, 6.07) is 7.25. The predicted octanol–water partition coefficient (Wildman–Crippen LogP) is 2.91. The van der Waals surface area contributed by atoms with E-state index >= 15 is 0 Å². The summed E-state index contributed by atoms with van der Waals surface area (Å²) in [6.07, 6.45) is 1.69. The van der Waals surface area contributed by atoms with Crippen LogP contribution in [0.5, 0.6) is 0 Å². The Morgan fingerprint density at radius 3 is 2.75 bits per heavy atom. The van der Waals surface area contributed by atoms with E-state index in [2.05, 4.69) is 15.7 Å². The molecule has 0 saturated carbocycles. The number of anilines is 1. The lowest BCUT2D eigenvalue weighted by molar-refractivity contribution is 0.0815. The molecule has 7 heteroatoms. The average Bonchev–Trinajstić information content (AvgIpc) is 3.16. The number of aromatic nitrogens is 2. The number of rotatable bonds is 4. The van der Waals surface area contributed by atoms with Crippen LogP contribution in [-0.4, -0.2) is 28.5 Å². The van der Waals surface area contributed by atoms with Crippen molar-refractivity contribution in [3.8, 4) is 0 Å². The number of benzene rings is 1. The maximum atomic E-state index is 13.2. The standard InChI is InChI=1S/C17H21FN4O2/c1-11-10-15(22(2)21-11)19-17(23)20-16(14-4-3-9-24-14)12-5-7-13(18)8-6-12/h5-8,10,14,16H,3-4,9H2,1-2H3,(H2,19,20,23)/t14-,16+/m1/s1. The normalized spacial score (nSPS) is 18.4. The van der Waals surface area contributed by atoms with Crippen molar-refractivity contribution in [3.63, 3.8) is 0 Å². The third-order valence-electron chi connectivity index (χ3n) is 4.10. The highest BCUT2D eigenvalue weighted by Crippen LogP contribution is 2.27. The first-order valence-electron chi connectivity index (χ1n) is 7.98. The lowest BCUT2D eigenvalue weighted by Gasteiger charge is -2.25. The molecule has 128 valence electrons.